The quantitative estimate of drug-likeness (QED) is 0.590. The number of carbonyl (C=O) groups is 1. The van der Waals surface area contributed by atoms with Crippen molar-refractivity contribution in [2.45, 2.75) is 26.2 Å². The highest BCUT2D eigenvalue weighted by Gasteiger charge is 2.10. The minimum Gasteiger partial charge on any atom is -0.466 e. The van der Waals surface area contributed by atoms with Crippen LogP contribution in [0.4, 0.5) is 0 Å². The first kappa shape index (κ1) is 14.5. The normalized spacial score (nSPS) is 10.3. The smallest absolute Gasteiger partial charge is 0.310 e. The first-order valence-electron chi connectivity index (χ1n) is 5.66. The number of benzene rings is 1. The summed E-state index contributed by atoms with van der Waals surface area (Å²) in [5, 5.41) is 0. The van der Waals surface area contributed by atoms with E-state index in [4.69, 9.17) is 16.3 Å². The number of hydrogen-bond acceptors (Lipinski definition) is 2. The number of hydrogen-bond donors (Lipinski definition) is 0. The lowest BCUT2D eigenvalue weighted by Gasteiger charge is -2.10. The molecular formula is C13H16BrClO2. The summed E-state index contributed by atoms with van der Waals surface area (Å²) in [6.45, 7) is 2.23. The molecule has 0 atom stereocenters. The lowest BCUT2D eigenvalue weighted by Crippen LogP contribution is -2.09. The molecule has 1 aromatic carbocycles. The molecular weight excluding hydrogens is 303 g/mol. The molecule has 0 spiro atoms. The highest BCUT2D eigenvalue weighted by Crippen LogP contribution is 2.23. The average molecular weight is 320 g/mol. The molecule has 0 aromatic heterocycles. The van der Waals surface area contributed by atoms with Crippen molar-refractivity contribution in [1.29, 1.82) is 0 Å². The van der Waals surface area contributed by atoms with Gasteiger partial charge in [-0.25, -0.2) is 0 Å². The number of carbonyl (C=O) groups excluding carboxylic acids is 1. The molecule has 0 saturated carbocycles. The third-order valence-corrected chi connectivity index (χ3v) is 3.43. The van der Waals surface area contributed by atoms with Crippen LogP contribution in [0.5, 0.6) is 0 Å². The van der Waals surface area contributed by atoms with Crippen LogP contribution in [-0.4, -0.2) is 18.5 Å². The van der Waals surface area contributed by atoms with Gasteiger partial charge in [0, 0.05) is 10.4 Å². The topological polar surface area (TPSA) is 26.3 Å². The van der Waals surface area contributed by atoms with Gasteiger partial charge in [-0.2, -0.15) is 0 Å². The standard InChI is InChI=1S/C13H16BrClO2/c1-2-17-13(16)9-10-5-3-7-12(14)11(10)6-4-8-15/h3,5,7H,2,4,6,8-9H2,1H3. The van der Waals surface area contributed by atoms with Gasteiger partial charge < -0.3 is 4.74 Å². The van der Waals surface area contributed by atoms with Crippen LogP contribution in [0.2, 0.25) is 0 Å². The second-order valence-electron chi connectivity index (χ2n) is 3.65. The van der Waals surface area contributed by atoms with Gasteiger partial charge in [0.25, 0.3) is 0 Å². The summed E-state index contributed by atoms with van der Waals surface area (Å²) in [6.07, 6.45) is 2.10. The Hall–Kier alpha value is -0.540. The lowest BCUT2D eigenvalue weighted by atomic mass is 10.0. The monoisotopic (exact) mass is 318 g/mol. The van der Waals surface area contributed by atoms with Gasteiger partial charge in [0.2, 0.25) is 0 Å². The second-order valence-corrected chi connectivity index (χ2v) is 4.88. The van der Waals surface area contributed by atoms with E-state index in [1.165, 1.54) is 0 Å². The molecule has 1 aromatic rings. The van der Waals surface area contributed by atoms with Crippen LogP contribution in [0.1, 0.15) is 24.5 Å². The molecule has 0 aliphatic carbocycles. The van der Waals surface area contributed by atoms with E-state index in [0.29, 0.717) is 18.9 Å². The Labute approximate surface area is 115 Å². The van der Waals surface area contributed by atoms with Crippen LogP contribution in [0.25, 0.3) is 0 Å². The first-order valence-corrected chi connectivity index (χ1v) is 6.99. The summed E-state index contributed by atoms with van der Waals surface area (Å²) in [4.78, 5) is 11.5. The fourth-order valence-electron chi connectivity index (χ4n) is 1.66. The molecule has 0 heterocycles. The predicted octanol–water partition coefficient (Wildman–Crippen LogP) is 3.73. The molecule has 0 bridgehead atoms. The first-order chi connectivity index (χ1) is 8.19. The molecule has 1 rings (SSSR count). The van der Waals surface area contributed by atoms with Gasteiger partial charge in [-0.15, -0.1) is 11.6 Å². The minimum atomic E-state index is -0.183. The molecule has 0 N–H and O–H groups in total. The van der Waals surface area contributed by atoms with Crippen molar-refractivity contribution in [3.63, 3.8) is 0 Å². The fraction of sp³-hybridized carbons (Fsp3) is 0.462. The average Bonchev–Trinajstić information content (AvgIpc) is 2.28. The van der Waals surface area contributed by atoms with E-state index >= 15 is 0 Å². The van der Waals surface area contributed by atoms with Crippen LogP contribution in [0, 0.1) is 0 Å². The van der Waals surface area contributed by atoms with Crippen LogP contribution in [0.15, 0.2) is 22.7 Å². The van der Waals surface area contributed by atoms with E-state index < -0.39 is 0 Å². The van der Waals surface area contributed by atoms with E-state index in [1.807, 2.05) is 25.1 Å². The Morgan fingerprint density at radius 2 is 2.24 bits per heavy atom. The molecule has 4 heteroatoms. The van der Waals surface area contributed by atoms with Gasteiger partial charge in [0.05, 0.1) is 13.0 Å². The third-order valence-electron chi connectivity index (χ3n) is 2.42. The summed E-state index contributed by atoms with van der Waals surface area (Å²) in [5.74, 6) is 0.443. The van der Waals surface area contributed by atoms with Crippen LogP contribution < -0.4 is 0 Å². The largest absolute Gasteiger partial charge is 0.466 e. The Morgan fingerprint density at radius 1 is 1.47 bits per heavy atom. The van der Waals surface area contributed by atoms with Crippen molar-refractivity contribution in [2.75, 3.05) is 12.5 Å². The third kappa shape index (κ3) is 4.68. The summed E-state index contributed by atoms with van der Waals surface area (Å²) >= 11 is 9.22. The summed E-state index contributed by atoms with van der Waals surface area (Å²) in [5.41, 5.74) is 2.17. The maximum Gasteiger partial charge on any atom is 0.310 e. The van der Waals surface area contributed by atoms with Gasteiger partial charge in [0.15, 0.2) is 0 Å². The number of esters is 1. The zero-order chi connectivity index (χ0) is 12.7. The fourth-order valence-corrected chi connectivity index (χ4v) is 2.40. The molecule has 0 radical (unpaired) electrons. The molecule has 0 unspecified atom stereocenters. The van der Waals surface area contributed by atoms with E-state index in [-0.39, 0.29) is 5.97 Å². The number of halogens is 2. The Balaban J connectivity index is 2.82. The Kier molecular flexibility index (Phi) is 6.60. The van der Waals surface area contributed by atoms with E-state index in [9.17, 15) is 4.79 Å². The van der Waals surface area contributed by atoms with Crippen molar-refractivity contribution in [3.8, 4) is 0 Å². The van der Waals surface area contributed by atoms with Gasteiger partial charge >= 0.3 is 5.97 Å². The molecule has 2 nitrogen and oxygen atoms in total. The molecule has 17 heavy (non-hydrogen) atoms. The SMILES string of the molecule is CCOC(=O)Cc1cccc(Br)c1CCCCl. The van der Waals surface area contributed by atoms with Gasteiger partial charge in [0.1, 0.15) is 0 Å². The van der Waals surface area contributed by atoms with Gasteiger partial charge in [-0.05, 0) is 37.0 Å². The highest BCUT2D eigenvalue weighted by atomic mass is 79.9. The summed E-state index contributed by atoms with van der Waals surface area (Å²) in [6, 6.07) is 5.88. The molecule has 0 aliphatic rings. The summed E-state index contributed by atoms with van der Waals surface area (Å²) in [7, 11) is 0. The van der Waals surface area contributed by atoms with E-state index in [2.05, 4.69) is 15.9 Å². The van der Waals surface area contributed by atoms with E-state index in [1.54, 1.807) is 0 Å². The van der Waals surface area contributed by atoms with Crippen LogP contribution in [0.3, 0.4) is 0 Å². The van der Waals surface area contributed by atoms with Crippen LogP contribution >= 0.6 is 27.5 Å². The number of ether oxygens (including phenoxy) is 1. The second kappa shape index (κ2) is 7.72. The van der Waals surface area contributed by atoms with Crippen molar-refractivity contribution in [3.05, 3.63) is 33.8 Å². The number of alkyl halides is 1. The molecule has 0 aliphatic heterocycles. The Morgan fingerprint density at radius 3 is 2.88 bits per heavy atom. The van der Waals surface area contributed by atoms with Gasteiger partial charge in [-0.3, -0.25) is 4.79 Å². The van der Waals surface area contributed by atoms with Crippen LogP contribution in [-0.2, 0) is 22.4 Å². The highest BCUT2D eigenvalue weighted by molar-refractivity contribution is 9.10. The number of rotatable bonds is 6. The predicted molar refractivity (Wildman–Crippen MR) is 73.5 cm³/mol. The summed E-state index contributed by atoms with van der Waals surface area (Å²) < 4.78 is 6.00. The van der Waals surface area contributed by atoms with Crippen molar-refractivity contribution in [2.24, 2.45) is 0 Å². The van der Waals surface area contributed by atoms with Crippen molar-refractivity contribution in [1.82, 2.24) is 0 Å². The Bertz CT molecular complexity index is 380. The van der Waals surface area contributed by atoms with Crippen molar-refractivity contribution < 1.29 is 9.53 Å². The van der Waals surface area contributed by atoms with Crippen molar-refractivity contribution >= 4 is 33.5 Å². The minimum absolute atomic E-state index is 0.183. The lowest BCUT2D eigenvalue weighted by molar-refractivity contribution is -0.142. The van der Waals surface area contributed by atoms with E-state index in [0.717, 1.165) is 28.4 Å². The molecule has 0 saturated heterocycles. The van der Waals surface area contributed by atoms with Gasteiger partial charge in [-0.1, -0.05) is 28.1 Å². The molecule has 0 fully saturated rings. The maximum atomic E-state index is 11.5. The zero-order valence-corrected chi connectivity index (χ0v) is 12.2. The zero-order valence-electron chi connectivity index (χ0n) is 9.84. The molecule has 94 valence electrons. The molecule has 0 amide bonds. The maximum absolute atomic E-state index is 11.5.